The number of aryl methyl sites for hydroxylation is 1. The number of hydrogen-bond donors (Lipinski definition) is 1. The van der Waals surface area contributed by atoms with Crippen LogP contribution >= 0.6 is 12.6 Å². The molecule has 1 unspecified atom stereocenters. The fourth-order valence-corrected chi connectivity index (χ4v) is 3.88. The highest BCUT2D eigenvalue weighted by Gasteiger charge is 2.34. The van der Waals surface area contributed by atoms with E-state index in [4.69, 9.17) is 4.74 Å². The smallest absolute Gasteiger partial charge is 0.327 e. The van der Waals surface area contributed by atoms with Crippen LogP contribution in [0.1, 0.15) is 30.1 Å². The molecule has 7 nitrogen and oxygen atoms in total. The summed E-state index contributed by atoms with van der Waals surface area (Å²) in [6, 6.07) is 7.25. The number of methoxy groups -OCH3 is 2. The van der Waals surface area contributed by atoms with Crippen molar-refractivity contribution in [3.63, 3.8) is 0 Å². The first-order valence-corrected chi connectivity index (χ1v) is 10.5. The third-order valence-corrected chi connectivity index (χ3v) is 5.85. The van der Waals surface area contributed by atoms with Crippen LogP contribution in [0.4, 0.5) is 4.39 Å². The Morgan fingerprint density at radius 1 is 1.29 bits per heavy atom. The quantitative estimate of drug-likeness (QED) is 0.520. The van der Waals surface area contributed by atoms with Gasteiger partial charge in [-0.15, -0.1) is 0 Å². The molecule has 1 saturated heterocycles. The van der Waals surface area contributed by atoms with Gasteiger partial charge >= 0.3 is 11.9 Å². The van der Waals surface area contributed by atoms with Gasteiger partial charge in [0.1, 0.15) is 11.9 Å². The molecule has 0 saturated carbocycles. The third-order valence-electron chi connectivity index (χ3n) is 5.26. The second-order valence-corrected chi connectivity index (χ2v) is 7.89. The second kappa shape index (κ2) is 10.6. The third kappa shape index (κ3) is 5.74. The molecule has 0 radical (unpaired) electrons. The number of aromatic nitrogens is 2. The highest BCUT2D eigenvalue weighted by atomic mass is 32.1. The highest BCUT2D eigenvalue weighted by molar-refractivity contribution is 7.81. The highest BCUT2D eigenvalue weighted by Crippen LogP contribution is 2.31. The normalized spacial score (nSPS) is 19.2. The number of likely N-dealkylation sites (tertiary alicyclic amines) is 1. The minimum Gasteiger partial charge on any atom is -0.469 e. The lowest BCUT2D eigenvalue weighted by molar-refractivity contribution is -0.147. The maximum atomic E-state index is 14.5. The van der Waals surface area contributed by atoms with Crippen LogP contribution in [0, 0.1) is 5.82 Å². The Morgan fingerprint density at radius 3 is 2.77 bits per heavy atom. The van der Waals surface area contributed by atoms with Crippen molar-refractivity contribution in [2.24, 2.45) is 0 Å². The van der Waals surface area contributed by atoms with Crippen molar-refractivity contribution < 1.29 is 23.5 Å². The van der Waals surface area contributed by atoms with Gasteiger partial charge in [-0.25, -0.2) is 9.18 Å². The van der Waals surface area contributed by atoms with E-state index in [-0.39, 0.29) is 17.6 Å². The van der Waals surface area contributed by atoms with Crippen LogP contribution in [-0.2, 0) is 25.6 Å². The fraction of sp³-hybridized carbons (Fsp3) is 0.409. The molecule has 0 bridgehead atoms. The van der Waals surface area contributed by atoms with Crippen molar-refractivity contribution in [3.05, 3.63) is 59.2 Å². The number of nitrogens with zero attached hydrogens (tertiary/aromatic N) is 3. The standard InChI is InChI=1S/C22H26FN3O4S/c1-29-20(27)9-12-26-11-7-16(24-26)13-15-14-25(10-8-19(15)31)21(22(28)30-2)17-5-3-4-6-18(17)23/h3-7,11,13,19,21,31H,8-10,12,14H2,1-2H3/b15-13+/t19-,21?/m1/s1. The maximum Gasteiger partial charge on any atom is 0.327 e. The largest absolute Gasteiger partial charge is 0.469 e. The molecule has 2 atom stereocenters. The summed E-state index contributed by atoms with van der Waals surface area (Å²) in [6.45, 7) is 1.43. The molecule has 1 aromatic heterocycles. The van der Waals surface area contributed by atoms with Crippen molar-refractivity contribution in [2.45, 2.75) is 30.7 Å². The lowest BCUT2D eigenvalue weighted by Gasteiger charge is -2.36. The summed E-state index contributed by atoms with van der Waals surface area (Å²) >= 11 is 4.68. The van der Waals surface area contributed by atoms with Gasteiger partial charge in [-0.1, -0.05) is 18.2 Å². The predicted molar refractivity (Wildman–Crippen MR) is 117 cm³/mol. The molecule has 0 N–H and O–H groups in total. The van der Waals surface area contributed by atoms with E-state index < -0.39 is 17.8 Å². The molecular formula is C22H26FN3O4S. The first-order chi connectivity index (χ1) is 14.9. The lowest BCUT2D eigenvalue weighted by Crippen LogP contribution is -2.42. The van der Waals surface area contributed by atoms with Gasteiger partial charge in [-0.05, 0) is 30.2 Å². The number of carbonyl (C=O) groups is 2. The summed E-state index contributed by atoms with van der Waals surface area (Å²) in [5, 5.41) is 4.46. The molecule has 0 amide bonds. The number of thiol groups is 1. The molecule has 31 heavy (non-hydrogen) atoms. The Kier molecular flexibility index (Phi) is 7.86. The molecule has 1 aliphatic rings. The number of esters is 2. The van der Waals surface area contributed by atoms with E-state index in [0.717, 1.165) is 11.3 Å². The van der Waals surface area contributed by atoms with Crippen LogP contribution in [0.25, 0.3) is 6.08 Å². The van der Waals surface area contributed by atoms with Crippen LogP contribution in [0.15, 0.2) is 42.1 Å². The molecule has 0 spiro atoms. The minimum atomic E-state index is -0.840. The Bertz CT molecular complexity index is 962. The second-order valence-electron chi connectivity index (χ2n) is 7.27. The number of rotatable bonds is 7. The van der Waals surface area contributed by atoms with Crippen LogP contribution in [-0.4, -0.2) is 59.2 Å². The van der Waals surface area contributed by atoms with Gasteiger partial charge < -0.3 is 9.47 Å². The Balaban J connectivity index is 1.80. The molecule has 2 heterocycles. The van der Waals surface area contributed by atoms with Gasteiger partial charge in [0, 0.05) is 30.1 Å². The maximum absolute atomic E-state index is 14.5. The SMILES string of the molecule is COC(=O)CCn1ccc(/C=C2\CN(C(C(=O)OC)c3ccccc3F)CC[C@H]2S)n1. The van der Waals surface area contributed by atoms with E-state index in [1.807, 2.05) is 17.0 Å². The molecule has 0 aliphatic carbocycles. The number of piperidine rings is 1. The van der Waals surface area contributed by atoms with Crippen LogP contribution < -0.4 is 0 Å². The number of carbonyl (C=O) groups excluding carboxylic acids is 2. The molecule has 3 rings (SSSR count). The van der Waals surface area contributed by atoms with Crippen molar-refractivity contribution in [1.82, 2.24) is 14.7 Å². The average molecular weight is 448 g/mol. The zero-order valence-electron chi connectivity index (χ0n) is 17.5. The Morgan fingerprint density at radius 2 is 2.06 bits per heavy atom. The molecule has 9 heteroatoms. The Hall–Kier alpha value is -2.65. The summed E-state index contributed by atoms with van der Waals surface area (Å²) in [5.74, 6) is -1.24. The molecular weight excluding hydrogens is 421 g/mol. The van der Waals surface area contributed by atoms with Crippen molar-refractivity contribution >= 4 is 30.6 Å². The summed E-state index contributed by atoms with van der Waals surface area (Å²) < 4.78 is 25.8. The van der Waals surface area contributed by atoms with E-state index >= 15 is 0 Å². The van der Waals surface area contributed by atoms with Gasteiger partial charge in [-0.3, -0.25) is 14.4 Å². The van der Waals surface area contributed by atoms with Gasteiger partial charge in [0.05, 0.1) is 32.9 Å². The first-order valence-electron chi connectivity index (χ1n) is 9.98. The fourth-order valence-electron chi connectivity index (χ4n) is 3.61. The zero-order chi connectivity index (χ0) is 22.4. The van der Waals surface area contributed by atoms with Gasteiger partial charge in [0.25, 0.3) is 0 Å². The number of halogens is 1. The van der Waals surface area contributed by atoms with Crippen molar-refractivity contribution in [1.29, 1.82) is 0 Å². The summed E-state index contributed by atoms with van der Waals surface area (Å²) in [6.07, 6.45) is 4.65. The van der Waals surface area contributed by atoms with E-state index in [9.17, 15) is 14.0 Å². The molecule has 2 aromatic rings. The summed E-state index contributed by atoms with van der Waals surface area (Å²) in [5.41, 5.74) is 1.98. The number of benzene rings is 1. The van der Waals surface area contributed by atoms with Crippen molar-refractivity contribution in [3.8, 4) is 0 Å². The molecule has 1 aliphatic heterocycles. The van der Waals surface area contributed by atoms with Crippen LogP contribution in [0.2, 0.25) is 0 Å². The zero-order valence-corrected chi connectivity index (χ0v) is 18.4. The number of hydrogen-bond acceptors (Lipinski definition) is 7. The van der Waals surface area contributed by atoms with E-state index in [1.165, 1.54) is 20.3 Å². The van der Waals surface area contributed by atoms with E-state index in [1.54, 1.807) is 29.1 Å². The van der Waals surface area contributed by atoms with Gasteiger partial charge in [0.15, 0.2) is 0 Å². The predicted octanol–water partition coefficient (Wildman–Crippen LogP) is 2.89. The lowest BCUT2D eigenvalue weighted by atomic mass is 9.97. The average Bonchev–Trinajstić information content (AvgIpc) is 3.22. The van der Waals surface area contributed by atoms with Crippen LogP contribution in [0.3, 0.4) is 0 Å². The Labute approximate surface area is 186 Å². The van der Waals surface area contributed by atoms with Crippen LogP contribution in [0.5, 0.6) is 0 Å². The van der Waals surface area contributed by atoms with E-state index in [0.29, 0.717) is 31.6 Å². The van der Waals surface area contributed by atoms with E-state index in [2.05, 4.69) is 22.5 Å². The minimum absolute atomic E-state index is 0.00427. The topological polar surface area (TPSA) is 73.7 Å². The first kappa shape index (κ1) is 23.0. The summed E-state index contributed by atoms with van der Waals surface area (Å²) in [4.78, 5) is 25.8. The molecule has 1 aromatic carbocycles. The number of ether oxygens (including phenoxy) is 2. The monoisotopic (exact) mass is 447 g/mol. The summed E-state index contributed by atoms with van der Waals surface area (Å²) in [7, 11) is 2.66. The van der Waals surface area contributed by atoms with Gasteiger partial charge in [0.2, 0.25) is 0 Å². The van der Waals surface area contributed by atoms with Crippen molar-refractivity contribution in [2.75, 3.05) is 27.3 Å². The molecule has 1 fully saturated rings. The van der Waals surface area contributed by atoms with Gasteiger partial charge in [-0.2, -0.15) is 17.7 Å². The molecule has 166 valence electrons.